The topological polar surface area (TPSA) is 122 Å². The lowest BCUT2D eigenvalue weighted by Crippen LogP contribution is -2.36. The summed E-state index contributed by atoms with van der Waals surface area (Å²) in [4.78, 5) is 19.9. The third kappa shape index (κ3) is 5.56. The van der Waals surface area contributed by atoms with Crippen LogP contribution in [0.2, 0.25) is 0 Å². The number of anilines is 1. The van der Waals surface area contributed by atoms with Crippen LogP contribution in [0.3, 0.4) is 0 Å². The number of nitrogens with zero attached hydrogens (tertiary/aromatic N) is 3. The summed E-state index contributed by atoms with van der Waals surface area (Å²) in [6.45, 7) is 2.74. The van der Waals surface area contributed by atoms with E-state index in [1.54, 1.807) is 36.8 Å². The number of halogens is 3. The molecule has 2 aromatic rings. The van der Waals surface area contributed by atoms with Gasteiger partial charge >= 0.3 is 12.2 Å². The Balaban J connectivity index is 2.24. The highest BCUT2D eigenvalue weighted by Gasteiger charge is 2.27. The average molecular weight is 395 g/mol. The summed E-state index contributed by atoms with van der Waals surface area (Å²) in [6.07, 6.45) is 1.66. The van der Waals surface area contributed by atoms with Crippen LogP contribution in [0.5, 0.6) is 0 Å². The van der Waals surface area contributed by atoms with E-state index < -0.39 is 18.8 Å². The maximum absolute atomic E-state index is 12.2. The van der Waals surface area contributed by atoms with Gasteiger partial charge in [-0.05, 0) is 31.6 Å². The van der Waals surface area contributed by atoms with Gasteiger partial charge in [0.1, 0.15) is 18.2 Å². The van der Waals surface area contributed by atoms with E-state index in [2.05, 4.69) is 15.3 Å². The molecule has 0 saturated carbocycles. The van der Waals surface area contributed by atoms with Gasteiger partial charge in [-0.2, -0.15) is 13.2 Å². The van der Waals surface area contributed by atoms with Crippen LogP contribution in [0.1, 0.15) is 19.7 Å². The van der Waals surface area contributed by atoms with Gasteiger partial charge in [0.15, 0.2) is 0 Å². The molecule has 0 radical (unpaired) electrons. The molecular formula is C17H20F3N7O. The van der Waals surface area contributed by atoms with Gasteiger partial charge in [-0.25, -0.2) is 9.78 Å². The standard InChI is InChI=1S/C17H20F3N7O/c1-3-27-13(8-24-14(27)4-10(2)15(21)22)11-5-12(7-23-6-11)26-16(28)25-9-17(18,19)20/h4-8H,3,9H2,1-2H3,(H3,21,22)(H2,25,26,28)/b10-4+. The molecule has 0 spiro atoms. The number of rotatable bonds is 6. The fourth-order valence-electron chi connectivity index (χ4n) is 2.34. The molecule has 0 fully saturated rings. The van der Waals surface area contributed by atoms with Gasteiger partial charge in [-0.15, -0.1) is 0 Å². The first-order valence-corrected chi connectivity index (χ1v) is 8.26. The summed E-state index contributed by atoms with van der Waals surface area (Å²) in [5.74, 6) is 0.524. The van der Waals surface area contributed by atoms with E-state index in [1.165, 1.54) is 6.20 Å². The molecule has 0 aliphatic heterocycles. The summed E-state index contributed by atoms with van der Waals surface area (Å²) >= 11 is 0. The number of aromatic nitrogens is 3. The predicted molar refractivity (Wildman–Crippen MR) is 99.8 cm³/mol. The number of amidine groups is 1. The van der Waals surface area contributed by atoms with E-state index >= 15 is 0 Å². The number of imidazole rings is 1. The van der Waals surface area contributed by atoms with Gasteiger partial charge in [0.2, 0.25) is 0 Å². The number of alkyl halides is 3. The first-order chi connectivity index (χ1) is 13.1. The molecule has 0 unspecified atom stereocenters. The molecule has 0 aromatic carbocycles. The molecule has 2 heterocycles. The van der Waals surface area contributed by atoms with Gasteiger partial charge in [-0.3, -0.25) is 10.4 Å². The summed E-state index contributed by atoms with van der Waals surface area (Å²) in [5.41, 5.74) is 7.56. The van der Waals surface area contributed by atoms with Gasteiger partial charge in [0.05, 0.1) is 23.8 Å². The monoisotopic (exact) mass is 395 g/mol. The second-order valence-corrected chi connectivity index (χ2v) is 5.87. The highest BCUT2D eigenvalue weighted by atomic mass is 19.4. The molecule has 0 aliphatic rings. The fourth-order valence-corrected chi connectivity index (χ4v) is 2.34. The van der Waals surface area contributed by atoms with Gasteiger partial charge in [-0.1, -0.05) is 0 Å². The second kappa shape index (κ2) is 8.55. The molecular weight excluding hydrogens is 375 g/mol. The fraction of sp³-hybridized carbons (Fsp3) is 0.294. The minimum absolute atomic E-state index is 0.0649. The van der Waals surface area contributed by atoms with Crippen LogP contribution >= 0.6 is 0 Å². The Morgan fingerprint density at radius 1 is 1.36 bits per heavy atom. The SMILES string of the molecule is CCn1c(-c2cncc(NC(=O)NCC(F)(F)F)c2)cnc1/C=C(\C)C(=N)N. The number of amides is 2. The first kappa shape index (κ1) is 20.9. The van der Waals surface area contributed by atoms with Gasteiger partial charge < -0.3 is 20.9 Å². The van der Waals surface area contributed by atoms with E-state index in [1.807, 2.05) is 11.5 Å². The number of carbonyl (C=O) groups excluding carboxylic acids is 1. The van der Waals surface area contributed by atoms with Crippen LogP contribution < -0.4 is 16.4 Å². The Labute approximate surface area is 159 Å². The van der Waals surface area contributed by atoms with E-state index in [0.29, 0.717) is 29.2 Å². The van der Waals surface area contributed by atoms with E-state index in [-0.39, 0.29) is 11.5 Å². The second-order valence-electron chi connectivity index (χ2n) is 5.87. The van der Waals surface area contributed by atoms with Crippen molar-refractivity contribution >= 4 is 23.6 Å². The first-order valence-electron chi connectivity index (χ1n) is 8.26. The van der Waals surface area contributed by atoms with Crippen molar-refractivity contribution in [3.8, 4) is 11.3 Å². The number of hydrogen-bond acceptors (Lipinski definition) is 4. The van der Waals surface area contributed by atoms with Crippen LogP contribution in [-0.2, 0) is 6.54 Å². The Kier molecular flexibility index (Phi) is 6.39. The summed E-state index contributed by atoms with van der Waals surface area (Å²) in [5, 5.41) is 11.5. The lowest BCUT2D eigenvalue weighted by molar-refractivity contribution is -0.122. The molecule has 2 amide bonds. The number of carbonyl (C=O) groups is 1. The molecule has 0 bridgehead atoms. The minimum atomic E-state index is -4.49. The number of hydrogen-bond donors (Lipinski definition) is 4. The third-order valence-corrected chi connectivity index (χ3v) is 3.71. The van der Waals surface area contributed by atoms with Gasteiger partial charge in [0.25, 0.3) is 0 Å². The highest BCUT2D eigenvalue weighted by Crippen LogP contribution is 2.24. The normalized spacial score (nSPS) is 12.0. The van der Waals surface area contributed by atoms with E-state index in [4.69, 9.17) is 11.1 Å². The zero-order chi connectivity index (χ0) is 20.9. The Hall–Kier alpha value is -3.37. The molecule has 0 aliphatic carbocycles. The minimum Gasteiger partial charge on any atom is -0.384 e. The molecule has 5 N–H and O–H groups in total. The van der Waals surface area contributed by atoms with Crippen molar-refractivity contribution < 1.29 is 18.0 Å². The lowest BCUT2D eigenvalue weighted by atomic mass is 10.2. The highest BCUT2D eigenvalue weighted by molar-refractivity contribution is 5.97. The lowest BCUT2D eigenvalue weighted by Gasteiger charge is -2.11. The molecule has 2 rings (SSSR count). The summed E-state index contributed by atoms with van der Waals surface area (Å²) in [6, 6.07) is 0.593. The van der Waals surface area contributed by atoms with Crippen molar-refractivity contribution in [2.75, 3.05) is 11.9 Å². The number of urea groups is 1. The Bertz CT molecular complexity index is 902. The van der Waals surface area contributed by atoms with Crippen molar-refractivity contribution in [1.29, 1.82) is 5.41 Å². The Morgan fingerprint density at radius 2 is 2.07 bits per heavy atom. The maximum atomic E-state index is 12.2. The zero-order valence-electron chi connectivity index (χ0n) is 15.3. The van der Waals surface area contributed by atoms with Crippen molar-refractivity contribution in [1.82, 2.24) is 19.9 Å². The quantitative estimate of drug-likeness (QED) is 0.444. The molecule has 0 saturated heterocycles. The van der Waals surface area contributed by atoms with Crippen molar-refractivity contribution in [2.45, 2.75) is 26.6 Å². The summed E-state index contributed by atoms with van der Waals surface area (Å²) in [7, 11) is 0. The molecule has 2 aromatic heterocycles. The van der Waals surface area contributed by atoms with Crippen LogP contribution in [0.15, 0.2) is 30.2 Å². The molecule has 8 nitrogen and oxygen atoms in total. The smallest absolute Gasteiger partial charge is 0.384 e. The maximum Gasteiger partial charge on any atom is 0.405 e. The van der Waals surface area contributed by atoms with E-state index in [9.17, 15) is 18.0 Å². The molecule has 28 heavy (non-hydrogen) atoms. The number of pyridine rings is 1. The number of nitrogens with two attached hydrogens (primary N) is 1. The van der Waals surface area contributed by atoms with Crippen molar-refractivity contribution in [3.05, 3.63) is 36.1 Å². The molecule has 11 heteroatoms. The van der Waals surface area contributed by atoms with Crippen LogP contribution in [0.4, 0.5) is 23.7 Å². The Morgan fingerprint density at radius 3 is 2.68 bits per heavy atom. The summed E-state index contributed by atoms with van der Waals surface area (Å²) < 4.78 is 38.4. The largest absolute Gasteiger partial charge is 0.405 e. The van der Waals surface area contributed by atoms with Crippen LogP contribution in [0, 0.1) is 5.41 Å². The zero-order valence-corrected chi connectivity index (χ0v) is 15.3. The molecule has 0 atom stereocenters. The average Bonchev–Trinajstić information content (AvgIpc) is 3.02. The van der Waals surface area contributed by atoms with Crippen LogP contribution in [-0.4, -0.2) is 39.1 Å². The van der Waals surface area contributed by atoms with E-state index in [0.717, 1.165) is 0 Å². The molecule has 150 valence electrons. The third-order valence-electron chi connectivity index (χ3n) is 3.71. The van der Waals surface area contributed by atoms with Crippen molar-refractivity contribution in [2.24, 2.45) is 5.73 Å². The van der Waals surface area contributed by atoms with Crippen molar-refractivity contribution in [3.63, 3.8) is 0 Å². The van der Waals surface area contributed by atoms with Gasteiger partial charge in [0, 0.05) is 18.3 Å². The predicted octanol–water partition coefficient (Wildman–Crippen LogP) is 2.99. The van der Waals surface area contributed by atoms with Crippen LogP contribution in [0.25, 0.3) is 17.3 Å². The number of nitrogens with one attached hydrogen (secondary N) is 3.